The van der Waals surface area contributed by atoms with Crippen molar-refractivity contribution in [3.05, 3.63) is 48.5 Å². The molecule has 0 unspecified atom stereocenters. The summed E-state index contributed by atoms with van der Waals surface area (Å²) in [4.78, 5) is 0. The molecule has 0 aliphatic heterocycles. The van der Waals surface area contributed by atoms with Crippen LogP contribution in [0.5, 0.6) is 0 Å². The number of fused-ring (bicyclic) bond motifs is 3. The highest BCUT2D eigenvalue weighted by Crippen LogP contribution is 2.28. The van der Waals surface area contributed by atoms with Gasteiger partial charge in [-0.05, 0) is 12.1 Å². The molecular weight excluding hydrogens is 218 g/mol. The van der Waals surface area contributed by atoms with Crippen LogP contribution in [0.3, 0.4) is 0 Å². The molecule has 0 N–H and O–H groups in total. The standard InChI is InChI=1S/C14H12ClN/c15-9-10-16-13-7-3-1-5-11(13)12-6-2-4-8-14(12)16/h1-8H,9-10H2. The number of para-hydroxylation sites is 2. The summed E-state index contributed by atoms with van der Waals surface area (Å²) in [6.45, 7) is 0.857. The van der Waals surface area contributed by atoms with Crippen molar-refractivity contribution < 1.29 is 0 Å². The summed E-state index contributed by atoms with van der Waals surface area (Å²) in [7, 11) is 0. The SMILES string of the molecule is ClCCn1c2ccccc2c2ccccc21. The lowest BCUT2D eigenvalue weighted by atomic mass is 10.2. The van der Waals surface area contributed by atoms with Crippen molar-refractivity contribution in [2.45, 2.75) is 6.54 Å². The summed E-state index contributed by atoms with van der Waals surface area (Å²) >= 11 is 5.87. The lowest BCUT2D eigenvalue weighted by Gasteiger charge is -2.03. The molecule has 2 aromatic carbocycles. The molecule has 0 saturated carbocycles. The second kappa shape index (κ2) is 3.84. The van der Waals surface area contributed by atoms with Crippen molar-refractivity contribution in [2.24, 2.45) is 0 Å². The fourth-order valence-corrected chi connectivity index (χ4v) is 2.50. The van der Waals surface area contributed by atoms with Gasteiger partial charge in [0.25, 0.3) is 0 Å². The molecule has 0 saturated heterocycles. The number of aromatic nitrogens is 1. The number of hydrogen-bond acceptors (Lipinski definition) is 0. The smallest absolute Gasteiger partial charge is 0.0491 e. The Kier molecular flexibility index (Phi) is 2.33. The molecule has 1 aromatic heterocycles. The predicted octanol–water partition coefficient (Wildman–Crippen LogP) is 4.03. The first-order valence-corrected chi connectivity index (χ1v) is 5.97. The van der Waals surface area contributed by atoms with Crippen LogP contribution in [0.2, 0.25) is 0 Å². The fourth-order valence-electron chi connectivity index (χ4n) is 2.33. The zero-order valence-corrected chi connectivity index (χ0v) is 9.61. The lowest BCUT2D eigenvalue weighted by molar-refractivity contribution is 0.834. The predicted molar refractivity (Wildman–Crippen MR) is 70.2 cm³/mol. The van der Waals surface area contributed by atoms with Gasteiger partial charge in [-0.3, -0.25) is 0 Å². The van der Waals surface area contributed by atoms with Crippen molar-refractivity contribution in [3.8, 4) is 0 Å². The van der Waals surface area contributed by atoms with Crippen LogP contribution in [0.1, 0.15) is 0 Å². The third-order valence-electron chi connectivity index (χ3n) is 2.99. The first-order chi connectivity index (χ1) is 7.92. The van der Waals surface area contributed by atoms with Gasteiger partial charge in [-0.2, -0.15) is 0 Å². The minimum Gasteiger partial charge on any atom is -0.339 e. The van der Waals surface area contributed by atoms with Crippen LogP contribution in [0.25, 0.3) is 21.8 Å². The largest absolute Gasteiger partial charge is 0.339 e. The first kappa shape index (κ1) is 9.73. The molecule has 16 heavy (non-hydrogen) atoms. The number of nitrogens with zero attached hydrogens (tertiary/aromatic N) is 1. The van der Waals surface area contributed by atoms with Gasteiger partial charge in [-0.1, -0.05) is 36.4 Å². The maximum atomic E-state index is 5.87. The molecule has 0 aliphatic rings. The van der Waals surface area contributed by atoms with Crippen LogP contribution in [-0.4, -0.2) is 10.4 Å². The van der Waals surface area contributed by atoms with Crippen LogP contribution in [0, 0.1) is 0 Å². The van der Waals surface area contributed by atoms with Crippen LogP contribution in [0.15, 0.2) is 48.5 Å². The summed E-state index contributed by atoms with van der Waals surface area (Å²) < 4.78 is 2.29. The molecule has 3 aromatic rings. The second-order valence-electron chi connectivity index (χ2n) is 3.87. The van der Waals surface area contributed by atoms with Gasteiger partial charge in [0.1, 0.15) is 0 Å². The molecule has 2 heteroatoms. The monoisotopic (exact) mass is 229 g/mol. The van der Waals surface area contributed by atoms with Gasteiger partial charge in [0.15, 0.2) is 0 Å². The number of halogens is 1. The van der Waals surface area contributed by atoms with Crippen LogP contribution < -0.4 is 0 Å². The Hall–Kier alpha value is -1.47. The number of benzene rings is 2. The van der Waals surface area contributed by atoms with E-state index >= 15 is 0 Å². The minimum absolute atomic E-state index is 0.642. The summed E-state index contributed by atoms with van der Waals surface area (Å²) in [6, 6.07) is 17.0. The molecule has 80 valence electrons. The molecule has 0 bridgehead atoms. The van der Waals surface area contributed by atoms with E-state index in [2.05, 4.69) is 53.1 Å². The van der Waals surface area contributed by atoms with Crippen LogP contribution in [0.4, 0.5) is 0 Å². The van der Waals surface area contributed by atoms with Gasteiger partial charge in [-0.15, -0.1) is 11.6 Å². The molecule has 0 amide bonds. The molecule has 1 nitrogen and oxygen atoms in total. The van der Waals surface area contributed by atoms with E-state index in [1.54, 1.807) is 0 Å². The van der Waals surface area contributed by atoms with Gasteiger partial charge in [0.05, 0.1) is 0 Å². The lowest BCUT2D eigenvalue weighted by Crippen LogP contribution is -1.97. The number of hydrogen-bond donors (Lipinski definition) is 0. The molecule has 0 aliphatic carbocycles. The molecule has 0 atom stereocenters. The van der Waals surface area contributed by atoms with Crippen molar-refractivity contribution in [1.29, 1.82) is 0 Å². The van der Waals surface area contributed by atoms with Crippen LogP contribution >= 0.6 is 11.6 Å². The highest BCUT2D eigenvalue weighted by atomic mass is 35.5. The quantitative estimate of drug-likeness (QED) is 0.585. The molecule has 0 spiro atoms. The Morgan fingerprint density at radius 3 is 1.81 bits per heavy atom. The minimum atomic E-state index is 0.642. The first-order valence-electron chi connectivity index (χ1n) is 5.44. The zero-order chi connectivity index (χ0) is 11.0. The van der Waals surface area contributed by atoms with Gasteiger partial charge < -0.3 is 4.57 Å². The van der Waals surface area contributed by atoms with Gasteiger partial charge in [-0.25, -0.2) is 0 Å². The fraction of sp³-hybridized carbons (Fsp3) is 0.143. The summed E-state index contributed by atoms with van der Waals surface area (Å²) in [5.74, 6) is 0.642. The summed E-state index contributed by atoms with van der Waals surface area (Å²) in [6.07, 6.45) is 0. The van der Waals surface area contributed by atoms with E-state index < -0.39 is 0 Å². The normalized spacial score (nSPS) is 11.3. The topological polar surface area (TPSA) is 4.93 Å². The highest BCUT2D eigenvalue weighted by molar-refractivity contribution is 6.18. The Morgan fingerprint density at radius 1 is 0.812 bits per heavy atom. The van der Waals surface area contributed by atoms with Crippen molar-refractivity contribution in [3.63, 3.8) is 0 Å². The van der Waals surface area contributed by atoms with E-state index in [0.717, 1.165) is 6.54 Å². The molecule has 0 radical (unpaired) electrons. The van der Waals surface area contributed by atoms with Gasteiger partial charge in [0.2, 0.25) is 0 Å². The van der Waals surface area contributed by atoms with E-state index in [1.165, 1.54) is 21.8 Å². The van der Waals surface area contributed by atoms with Gasteiger partial charge >= 0.3 is 0 Å². The Balaban J connectivity index is 2.49. The number of alkyl halides is 1. The van der Waals surface area contributed by atoms with E-state index in [-0.39, 0.29) is 0 Å². The van der Waals surface area contributed by atoms with Gasteiger partial charge in [0, 0.05) is 34.2 Å². The zero-order valence-electron chi connectivity index (χ0n) is 8.86. The van der Waals surface area contributed by atoms with E-state index in [9.17, 15) is 0 Å². The third kappa shape index (κ3) is 1.32. The molecule has 3 rings (SSSR count). The highest BCUT2D eigenvalue weighted by Gasteiger charge is 2.07. The molecular formula is C14H12ClN. The molecule has 0 fully saturated rings. The van der Waals surface area contributed by atoms with Crippen molar-refractivity contribution >= 4 is 33.4 Å². The maximum absolute atomic E-state index is 5.87. The number of aryl methyl sites for hydroxylation is 1. The van der Waals surface area contributed by atoms with E-state index in [0.29, 0.717) is 5.88 Å². The van der Waals surface area contributed by atoms with E-state index in [1.807, 2.05) is 0 Å². The Labute approximate surface area is 99.2 Å². The van der Waals surface area contributed by atoms with E-state index in [4.69, 9.17) is 11.6 Å². The average molecular weight is 230 g/mol. The average Bonchev–Trinajstić information content (AvgIpc) is 2.66. The Morgan fingerprint density at radius 2 is 1.31 bits per heavy atom. The number of rotatable bonds is 2. The van der Waals surface area contributed by atoms with Crippen LogP contribution in [-0.2, 0) is 6.54 Å². The van der Waals surface area contributed by atoms with Crippen molar-refractivity contribution in [2.75, 3.05) is 5.88 Å². The summed E-state index contributed by atoms with van der Waals surface area (Å²) in [5, 5.41) is 2.62. The second-order valence-corrected chi connectivity index (χ2v) is 4.25. The third-order valence-corrected chi connectivity index (χ3v) is 3.16. The maximum Gasteiger partial charge on any atom is 0.0491 e. The summed E-state index contributed by atoms with van der Waals surface area (Å²) in [5.41, 5.74) is 2.54. The molecule has 1 heterocycles. The van der Waals surface area contributed by atoms with Crippen molar-refractivity contribution in [1.82, 2.24) is 4.57 Å². The Bertz CT molecular complexity index is 586.